The number of hydrogen-bond acceptors (Lipinski definition) is 3. The van der Waals surface area contributed by atoms with E-state index < -0.39 is 17.9 Å². The van der Waals surface area contributed by atoms with Gasteiger partial charge in [-0.3, -0.25) is 9.59 Å². The van der Waals surface area contributed by atoms with Gasteiger partial charge in [0.1, 0.15) is 6.04 Å². The van der Waals surface area contributed by atoms with E-state index in [4.69, 9.17) is 16.6 Å². The van der Waals surface area contributed by atoms with Crippen molar-refractivity contribution in [2.75, 3.05) is 0 Å². The summed E-state index contributed by atoms with van der Waals surface area (Å²) in [4.78, 5) is 20.1. The van der Waals surface area contributed by atoms with Gasteiger partial charge < -0.3 is 19.4 Å². The fourth-order valence-electron chi connectivity index (χ4n) is 0.421. The van der Waals surface area contributed by atoms with E-state index in [9.17, 15) is 9.59 Å². The predicted molar refractivity (Wildman–Crippen MR) is 36.3 cm³/mol. The molecular weight excluding hydrogens is 182 g/mol. The third kappa shape index (κ3) is 10.9. The monoisotopic (exact) mass is 194 g/mol. The van der Waals surface area contributed by atoms with Gasteiger partial charge in [-0.15, -0.1) is 0 Å². The van der Waals surface area contributed by atoms with Crippen molar-refractivity contribution in [1.82, 2.24) is 0 Å². The fourth-order valence-corrected chi connectivity index (χ4v) is 0.421. The average Bonchev–Trinajstić information content (AvgIpc) is 1.82. The molecule has 62 valence electrons. The molecule has 0 aliphatic rings. The second-order valence-electron chi connectivity index (χ2n) is 1.95. The maximum Gasteiger partial charge on any atom is 1.00 e. The van der Waals surface area contributed by atoms with E-state index in [1.54, 1.807) is 0 Å². The minimum absolute atomic E-state index is 0. The minimum Gasteiger partial charge on any atom is -1.00 e. The predicted octanol–water partition coefficient (Wildman–Crippen LogP) is -7.10. The Kier molecular flexibility index (Phi) is 15.5. The molecular formula is C5H12N2Na2O3. The molecule has 12 heavy (non-hydrogen) atoms. The first-order valence-corrected chi connectivity index (χ1v) is 2.80. The van der Waals surface area contributed by atoms with E-state index in [2.05, 4.69) is 0 Å². The Labute approximate surface area is 118 Å². The minimum atomic E-state index is -1.11. The molecule has 1 amide bonds. The smallest absolute Gasteiger partial charge is 1.00 e. The zero-order valence-corrected chi connectivity index (χ0v) is 11.4. The number of rotatable bonds is 4. The SMILES string of the molecule is NC(=O)CC[C@H](N)C(=O)O.[H-].[H-].[Na+].[Na+]. The molecule has 0 bridgehead atoms. The van der Waals surface area contributed by atoms with Gasteiger partial charge in [0.05, 0.1) is 0 Å². The average molecular weight is 194 g/mol. The molecule has 0 unspecified atom stereocenters. The van der Waals surface area contributed by atoms with E-state index in [0.717, 1.165) is 0 Å². The van der Waals surface area contributed by atoms with Crippen molar-refractivity contribution in [1.29, 1.82) is 0 Å². The Morgan fingerprint density at radius 1 is 1.42 bits per heavy atom. The Balaban J connectivity index is -0.0000000675. The third-order valence-corrected chi connectivity index (χ3v) is 1.02. The van der Waals surface area contributed by atoms with Crippen molar-refractivity contribution in [3.05, 3.63) is 0 Å². The summed E-state index contributed by atoms with van der Waals surface area (Å²) in [6.45, 7) is 0. The number of carboxylic acid groups (broad SMARTS) is 1. The van der Waals surface area contributed by atoms with Crippen LogP contribution in [0.2, 0.25) is 0 Å². The number of hydrogen-bond donors (Lipinski definition) is 3. The molecule has 0 rings (SSSR count). The Morgan fingerprint density at radius 2 is 1.83 bits per heavy atom. The first-order valence-electron chi connectivity index (χ1n) is 2.80. The van der Waals surface area contributed by atoms with Crippen LogP contribution in [-0.4, -0.2) is 23.0 Å². The van der Waals surface area contributed by atoms with Crippen LogP contribution < -0.4 is 70.6 Å². The molecule has 5 N–H and O–H groups in total. The molecule has 0 heterocycles. The molecule has 0 aromatic rings. The molecule has 0 aromatic heterocycles. The normalized spacial score (nSPS) is 10.4. The summed E-state index contributed by atoms with van der Waals surface area (Å²) in [6.07, 6.45) is 0.123. The van der Waals surface area contributed by atoms with Crippen molar-refractivity contribution in [2.24, 2.45) is 11.5 Å². The summed E-state index contributed by atoms with van der Waals surface area (Å²) in [5.74, 6) is -1.64. The Bertz CT molecular complexity index is 162. The van der Waals surface area contributed by atoms with Gasteiger partial charge in [0.15, 0.2) is 0 Å². The Hall–Kier alpha value is 0.900. The molecule has 1 atom stereocenters. The van der Waals surface area contributed by atoms with E-state index in [-0.39, 0.29) is 74.8 Å². The van der Waals surface area contributed by atoms with Crippen molar-refractivity contribution < 1.29 is 76.7 Å². The number of carboxylic acids is 1. The van der Waals surface area contributed by atoms with Crippen LogP contribution in [0.25, 0.3) is 0 Å². The second-order valence-corrected chi connectivity index (χ2v) is 1.95. The fraction of sp³-hybridized carbons (Fsp3) is 0.600. The van der Waals surface area contributed by atoms with E-state index >= 15 is 0 Å². The summed E-state index contributed by atoms with van der Waals surface area (Å²) in [5, 5.41) is 8.22. The zero-order valence-electron chi connectivity index (χ0n) is 9.41. The third-order valence-electron chi connectivity index (χ3n) is 1.02. The maximum atomic E-state index is 10.1. The van der Waals surface area contributed by atoms with Crippen molar-refractivity contribution in [2.45, 2.75) is 18.9 Å². The zero-order chi connectivity index (χ0) is 8.15. The molecule has 7 heteroatoms. The van der Waals surface area contributed by atoms with Crippen molar-refractivity contribution >= 4 is 11.9 Å². The summed E-state index contributed by atoms with van der Waals surface area (Å²) in [5.41, 5.74) is 9.81. The van der Waals surface area contributed by atoms with Crippen molar-refractivity contribution in [3.8, 4) is 0 Å². The number of amides is 1. The van der Waals surface area contributed by atoms with Gasteiger partial charge >= 0.3 is 65.1 Å². The molecule has 5 nitrogen and oxygen atoms in total. The van der Waals surface area contributed by atoms with Gasteiger partial charge in [-0.05, 0) is 6.42 Å². The molecule has 0 aliphatic carbocycles. The first kappa shape index (κ1) is 18.6. The molecule has 0 aromatic carbocycles. The van der Waals surface area contributed by atoms with Gasteiger partial charge in [-0.2, -0.15) is 0 Å². The van der Waals surface area contributed by atoms with Crippen LogP contribution in [0.3, 0.4) is 0 Å². The van der Waals surface area contributed by atoms with Crippen molar-refractivity contribution in [3.63, 3.8) is 0 Å². The van der Waals surface area contributed by atoms with Crippen LogP contribution in [0.4, 0.5) is 0 Å². The molecule has 0 saturated carbocycles. The molecule has 0 spiro atoms. The standard InChI is InChI=1S/C5H10N2O3.2Na.2H/c6-3(5(9)10)1-2-4(7)8;;;;/h3H,1-2,6H2,(H2,7,8)(H,9,10);;;;/q;2*+1;2*-1/t3-;;;;/m0..../s1. The van der Waals surface area contributed by atoms with Gasteiger partial charge in [-0.1, -0.05) is 0 Å². The first-order chi connectivity index (χ1) is 4.54. The number of carbonyl (C=O) groups excluding carboxylic acids is 1. The Morgan fingerprint density at radius 3 is 2.08 bits per heavy atom. The number of carbonyl (C=O) groups is 2. The van der Waals surface area contributed by atoms with Crippen LogP contribution in [-0.2, 0) is 9.59 Å². The largest absolute Gasteiger partial charge is 1.00 e. The van der Waals surface area contributed by atoms with E-state index in [0.29, 0.717) is 0 Å². The molecule has 0 fully saturated rings. The van der Waals surface area contributed by atoms with Gasteiger partial charge in [-0.25, -0.2) is 0 Å². The summed E-state index contributed by atoms with van der Waals surface area (Å²) >= 11 is 0. The molecule has 0 aliphatic heterocycles. The van der Waals surface area contributed by atoms with Crippen LogP contribution in [0, 0.1) is 0 Å². The quantitative estimate of drug-likeness (QED) is 0.386. The van der Waals surface area contributed by atoms with Crippen LogP contribution in [0.15, 0.2) is 0 Å². The summed E-state index contributed by atoms with van der Waals surface area (Å²) in [7, 11) is 0. The molecule has 0 radical (unpaired) electrons. The van der Waals surface area contributed by atoms with E-state index in [1.165, 1.54) is 0 Å². The van der Waals surface area contributed by atoms with E-state index in [1.807, 2.05) is 0 Å². The summed E-state index contributed by atoms with van der Waals surface area (Å²) in [6, 6.07) is -0.979. The second kappa shape index (κ2) is 9.98. The van der Waals surface area contributed by atoms with Crippen LogP contribution in [0.5, 0.6) is 0 Å². The van der Waals surface area contributed by atoms with Crippen LogP contribution in [0.1, 0.15) is 15.7 Å². The number of aliphatic carboxylic acids is 1. The van der Waals surface area contributed by atoms with Gasteiger partial charge in [0, 0.05) is 6.42 Å². The topological polar surface area (TPSA) is 106 Å². The van der Waals surface area contributed by atoms with Crippen LogP contribution >= 0.6 is 0 Å². The molecule has 0 saturated heterocycles. The number of primary amides is 1. The van der Waals surface area contributed by atoms with Gasteiger partial charge in [0.2, 0.25) is 5.91 Å². The van der Waals surface area contributed by atoms with Gasteiger partial charge in [0.25, 0.3) is 0 Å². The maximum absolute atomic E-state index is 10.1. The number of nitrogens with two attached hydrogens (primary N) is 2. The summed E-state index contributed by atoms with van der Waals surface area (Å²) < 4.78 is 0.